The lowest BCUT2D eigenvalue weighted by Crippen LogP contribution is -2.14. The van der Waals surface area contributed by atoms with Gasteiger partial charge < -0.3 is 0 Å². The van der Waals surface area contributed by atoms with Crippen molar-refractivity contribution in [2.45, 2.75) is 0 Å². The zero-order valence-corrected chi connectivity index (χ0v) is 15.3. The summed E-state index contributed by atoms with van der Waals surface area (Å²) in [5, 5.41) is 3.04. The van der Waals surface area contributed by atoms with E-state index in [9.17, 15) is 9.59 Å². The number of ketones is 1. The Hall–Kier alpha value is -4.05. The van der Waals surface area contributed by atoms with Crippen LogP contribution in [0.4, 0.5) is 0 Å². The van der Waals surface area contributed by atoms with Crippen molar-refractivity contribution in [3.8, 4) is 0 Å². The molecule has 0 saturated carbocycles. The van der Waals surface area contributed by atoms with E-state index in [1.807, 2.05) is 72.8 Å². The summed E-state index contributed by atoms with van der Waals surface area (Å²) in [5.41, 5.74) is 3.30. The van der Waals surface area contributed by atoms with Crippen molar-refractivity contribution in [2.24, 2.45) is 0 Å². The van der Waals surface area contributed by atoms with Gasteiger partial charge in [0.15, 0.2) is 5.78 Å². The fourth-order valence-corrected chi connectivity index (χ4v) is 4.25. The van der Waals surface area contributed by atoms with Crippen LogP contribution in [0.25, 0.3) is 38.2 Å². The minimum Gasteiger partial charge on any atom is -0.289 e. The van der Waals surface area contributed by atoms with E-state index in [4.69, 9.17) is 4.98 Å². The number of carbonyl (C=O) groups excluding carboxylic acids is 1. The van der Waals surface area contributed by atoms with E-state index in [1.54, 1.807) is 16.5 Å². The van der Waals surface area contributed by atoms with Gasteiger partial charge in [-0.05, 0) is 29.7 Å². The van der Waals surface area contributed by atoms with Gasteiger partial charge in [0.05, 0.1) is 11.0 Å². The first-order valence-corrected chi connectivity index (χ1v) is 9.42. The Kier molecular flexibility index (Phi) is 3.15. The number of pyridine rings is 1. The number of imidazole rings is 1. The van der Waals surface area contributed by atoms with Crippen LogP contribution in [-0.4, -0.2) is 15.2 Å². The molecule has 0 atom stereocenters. The third kappa shape index (κ3) is 2.11. The molecule has 0 aliphatic carbocycles. The van der Waals surface area contributed by atoms with Crippen molar-refractivity contribution in [3.63, 3.8) is 0 Å². The van der Waals surface area contributed by atoms with Crippen LogP contribution in [-0.2, 0) is 0 Å². The first-order valence-electron chi connectivity index (χ1n) is 9.42. The molecular weight excluding hydrogens is 360 g/mol. The highest BCUT2D eigenvalue weighted by Gasteiger charge is 2.19. The van der Waals surface area contributed by atoms with Gasteiger partial charge in [-0.1, -0.05) is 60.7 Å². The molecule has 0 fully saturated rings. The summed E-state index contributed by atoms with van der Waals surface area (Å²) < 4.78 is 1.67. The van der Waals surface area contributed by atoms with Gasteiger partial charge in [0, 0.05) is 27.3 Å². The van der Waals surface area contributed by atoms with Crippen LogP contribution in [0.5, 0.6) is 0 Å². The number of carbonyl (C=O) groups is 1. The average molecular weight is 374 g/mol. The van der Waals surface area contributed by atoms with Crippen LogP contribution in [0.15, 0.2) is 89.7 Å². The maximum atomic E-state index is 13.4. The Labute approximate surface area is 165 Å². The number of fused-ring (bicyclic) bond motifs is 4. The second-order valence-corrected chi connectivity index (χ2v) is 7.15. The number of aromatic nitrogens is 2. The number of hydrogen-bond acceptors (Lipinski definition) is 3. The molecule has 2 aromatic heterocycles. The third-order valence-electron chi connectivity index (χ3n) is 5.56. The maximum Gasteiger partial charge on any atom is 0.264 e. The average Bonchev–Trinajstić information content (AvgIpc) is 3.17. The van der Waals surface area contributed by atoms with Gasteiger partial charge in [0.2, 0.25) is 0 Å². The van der Waals surface area contributed by atoms with Crippen LogP contribution in [0.3, 0.4) is 0 Å². The van der Waals surface area contributed by atoms with Crippen molar-refractivity contribution in [1.82, 2.24) is 9.38 Å². The molecular formula is C25H14N2O2. The highest BCUT2D eigenvalue weighted by Crippen LogP contribution is 2.32. The lowest BCUT2D eigenvalue weighted by Gasteiger charge is -2.11. The van der Waals surface area contributed by atoms with Gasteiger partial charge in [0.25, 0.3) is 5.56 Å². The minimum absolute atomic E-state index is 0.0548. The molecule has 0 amide bonds. The van der Waals surface area contributed by atoms with E-state index in [2.05, 4.69) is 0 Å². The summed E-state index contributed by atoms with van der Waals surface area (Å²) in [6.07, 6.45) is 0. The Morgan fingerprint density at radius 1 is 0.724 bits per heavy atom. The number of hydrogen-bond donors (Lipinski definition) is 0. The highest BCUT2D eigenvalue weighted by molar-refractivity contribution is 6.24. The number of para-hydroxylation sites is 2. The van der Waals surface area contributed by atoms with E-state index in [0.717, 1.165) is 27.2 Å². The van der Waals surface area contributed by atoms with Crippen molar-refractivity contribution in [3.05, 3.63) is 106 Å². The largest absolute Gasteiger partial charge is 0.289 e. The lowest BCUT2D eigenvalue weighted by molar-refractivity contribution is 0.104. The predicted molar refractivity (Wildman–Crippen MR) is 115 cm³/mol. The van der Waals surface area contributed by atoms with Gasteiger partial charge in [-0.2, -0.15) is 0 Å². The fraction of sp³-hybridized carbons (Fsp3) is 0. The summed E-state index contributed by atoms with van der Waals surface area (Å²) >= 11 is 0. The van der Waals surface area contributed by atoms with Crippen molar-refractivity contribution >= 4 is 44.0 Å². The molecule has 0 unspecified atom stereocenters. The molecule has 4 nitrogen and oxygen atoms in total. The van der Waals surface area contributed by atoms with Crippen LogP contribution in [0.1, 0.15) is 15.9 Å². The standard InChI is InChI=1S/C25H14N2O2/c28-23(15-7-2-1-3-8-15)17-13-14-19-22-16(17)9-6-10-18(22)24-26-20-11-4-5-12-21(20)27(24)25(19)29/h1-14H. The van der Waals surface area contributed by atoms with Gasteiger partial charge >= 0.3 is 0 Å². The molecule has 29 heavy (non-hydrogen) atoms. The highest BCUT2D eigenvalue weighted by atomic mass is 16.1. The molecule has 6 rings (SSSR count). The molecule has 4 heteroatoms. The monoisotopic (exact) mass is 374 g/mol. The van der Waals surface area contributed by atoms with Crippen molar-refractivity contribution < 1.29 is 4.79 Å². The second-order valence-electron chi connectivity index (χ2n) is 7.15. The summed E-state index contributed by atoms with van der Waals surface area (Å²) in [6, 6.07) is 26.2. The van der Waals surface area contributed by atoms with Gasteiger partial charge in [0.1, 0.15) is 5.65 Å². The number of nitrogens with zero attached hydrogens (tertiary/aromatic N) is 2. The van der Waals surface area contributed by atoms with Crippen molar-refractivity contribution in [1.29, 1.82) is 0 Å². The van der Waals surface area contributed by atoms with Crippen LogP contribution in [0, 0.1) is 0 Å². The van der Waals surface area contributed by atoms with E-state index in [-0.39, 0.29) is 11.3 Å². The molecule has 6 aromatic rings. The molecule has 136 valence electrons. The molecule has 0 bridgehead atoms. The van der Waals surface area contributed by atoms with Gasteiger partial charge in [-0.15, -0.1) is 0 Å². The SMILES string of the molecule is O=C(c1ccccc1)c1ccc2c(=O)n3c4ccccc4nc3c3cccc1c23. The van der Waals surface area contributed by atoms with Crippen LogP contribution < -0.4 is 5.56 Å². The maximum absolute atomic E-state index is 13.4. The molecule has 0 aliphatic rings. The van der Waals surface area contributed by atoms with E-state index in [0.29, 0.717) is 22.2 Å². The molecule has 0 N–H and O–H groups in total. The van der Waals surface area contributed by atoms with Gasteiger partial charge in [-0.3, -0.25) is 14.0 Å². The fourth-order valence-electron chi connectivity index (χ4n) is 4.25. The quantitative estimate of drug-likeness (QED) is 0.408. The normalized spacial score (nSPS) is 11.7. The van der Waals surface area contributed by atoms with Crippen LogP contribution in [0.2, 0.25) is 0 Å². The van der Waals surface area contributed by atoms with E-state index in [1.165, 1.54) is 0 Å². The summed E-state index contributed by atoms with van der Waals surface area (Å²) in [7, 11) is 0. The molecule has 2 heterocycles. The molecule has 0 radical (unpaired) electrons. The lowest BCUT2D eigenvalue weighted by atomic mass is 9.93. The molecule has 4 aromatic carbocycles. The second kappa shape index (κ2) is 5.72. The first-order chi connectivity index (χ1) is 14.2. The smallest absolute Gasteiger partial charge is 0.264 e. The summed E-state index contributed by atoms with van der Waals surface area (Å²) in [4.78, 5) is 31.2. The van der Waals surface area contributed by atoms with E-state index < -0.39 is 0 Å². The Balaban J connectivity index is 1.78. The topological polar surface area (TPSA) is 51.4 Å². The van der Waals surface area contributed by atoms with Crippen LogP contribution >= 0.6 is 0 Å². The minimum atomic E-state index is -0.115. The van der Waals surface area contributed by atoms with Crippen molar-refractivity contribution in [2.75, 3.05) is 0 Å². The number of rotatable bonds is 2. The zero-order chi connectivity index (χ0) is 19.5. The summed E-state index contributed by atoms with van der Waals surface area (Å²) in [6.45, 7) is 0. The Morgan fingerprint density at radius 2 is 1.48 bits per heavy atom. The van der Waals surface area contributed by atoms with E-state index >= 15 is 0 Å². The third-order valence-corrected chi connectivity index (χ3v) is 5.56. The Bertz CT molecular complexity index is 1630. The molecule has 0 aliphatic heterocycles. The summed E-state index contributed by atoms with van der Waals surface area (Å²) in [5.74, 6) is -0.0548. The van der Waals surface area contributed by atoms with Gasteiger partial charge in [-0.25, -0.2) is 4.98 Å². The molecule has 0 saturated heterocycles. The molecule has 0 spiro atoms. The Morgan fingerprint density at radius 3 is 2.34 bits per heavy atom. The first kappa shape index (κ1) is 16.0. The predicted octanol–water partition coefficient (Wildman–Crippen LogP) is 4.82. The number of benzene rings is 4. The zero-order valence-electron chi connectivity index (χ0n) is 15.3.